The molecule has 3 N–H and O–H groups in total. The molecule has 2 heterocycles. The number of phenols is 1. The van der Waals surface area contributed by atoms with Gasteiger partial charge in [-0.2, -0.15) is 4.68 Å². The number of hydrogen-bond acceptors (Lipinski definition) is 7. The van der Waals surface area contributed by atoms with Crippen molar-refractivity contribution in [1.29, 1.82) is 0 Å². The lowest BCUT2D eigenvalue weighted by molar-refractivity contribution is 0.101. The zero-order valence-corrected chi connectivity index (χ0v) is 15.3. The predicted octanol–water partition coefficient (Wildman–Crippen LogP) is 2.33. The number of aromatic nitrogens is 1. The standard InChI is InChI=1S/C18H12N4O3S2/c23-11-7-5-10(6-8-11)16(24)21-22-17(25)14(27-18(22)26)9-15-19-12-3-1-2-4-13(12)20-15/h1-9,23,25H,(H,21,24). The Labute approximate surface area is 161 Å². The zero-order valence-electron chi connectivity index (χ0n) is 13.7. The van der Waals surface area contributed by atoms with Crippen LogP contribution in [0.15, 0.2) is 64.3 Å². The fourth-order valence-corrected chi connectivity index (χ4v) is 3.62. The molecule has 0 bridgehead atoms. The van der Waals surface area contributed by atoms with Crippen LogP contribution in [-0.2, 0) is 0 Å². The molecule has 0 spiro atoms. The molecule has 3 aromatic rings. The lowest BCUT2D eigenvalue weighted by Crippen LogP contribution is -2.22. The van der Waals surface area contributed by atoms with Gasteiger partial charge in [0.15, 0.2) is 9.78 Å². The second-order valence-corrected chi connectivity index (χ2v) is 7.27. The van der Waals surface area contributed by atoms with Crippen LogP contribution >= 0.6 is 23.6 Å². The first-order valence-electron chi connectivity index (χ1n) is 7.81. The maximum Gasteiger partial charge on any atom is 0.270 e. The predicted molar refractivity (Wildman–Crippen MR) is 103 cm³/mol. The molecule has 0 aliphatic carbocycles. The number of phenolic OH excluding ortho intramolecular Hbond substituents is 1. The molecular weight excluding hydrogens is 384 g/mol. The van der Waals surface area contributed by atoms with Gasteiger partial charge in [-0.25, -0.2) is 9.98 Å². The summed E-state index contributed by atoms with van der Waals surface area (Å²) in [6.07, 6.45) is 1.61. The Morgan fingerprint density at radius 1 is 1.07 bits per heavy atom. The molecule has 0 fully saturated rings. The highest BCUT2D eigenvalue weighted by atomic mass is 32.1. The smallest absolute Gasteiger partial charge is 0.270 e. The monoisotopic (exact) mass is 396 g/mol. The number of benzene rings is 2. The van der Waals surface area contributed by atoms with Crippen molar-refractivity contribution in [3.8, 4) is 11.6 Å². The average molecular weight is 396 g/mol. The van der Waals surface area contributed by atoms with Crippen LogP contribution in [0.3, 0.4) is 0 Å². The third-order valence-corrected chi connectivity index (χ3v) is 5.08. The maximum atomic E-state index is 12.3. The summed E-state index contributed by atoms with van der Waals surface area (Å²) in [5, 5.41) is 21.3. The molecule has 0 unspecified atom stereocenters. The minimum atomic E-state index is -0.471. The van der Waals surface area contributed by atoms with Crippen molar-refractivity contribution in [2.75, 3.05) is 5.43 Å². The summed E-state index contributed by atoms with van der Waals surface area (Å²) in [5.41, 5.74) is 2.85. The molecule has 1 aliphatic heterocycles. The topological polar surface area (TPSA) is 99.2 Å². The number of nitrogens with one attached hydrogen (secondary N) is 1. The summed E-state index contributed by atoms with van der Waals surface area (Å²) < 4.78 is 1.39. The Morgan fingerprint density at radius 3 is 2.33 bits per heavy atom. The molecule has 0 radical (unpaired) electrons. The summed E-state index contributed by atoms with van der Waals surface area (Å²) in [5.74, 6) is -0.174. The summed E-state index contributed by atoms with van der Waals surface area (Å²) in [7, 11) is 0. The highest BCUT2D eigenvalue weighted by Crippen LogP contribution is 2.28. The van der Waals surface area contributed by atoms with E-state index >= 15 is 0 Å². The molecular formula is C18H12N4O3S2. The van der Waals surface area contributed by atoms with E-state index in [1.54, 1.807) is 6.08 Å². The third-order valence-electron chi connectivity index (χ3n) is 3.77. The number of fused-ring (bicyclic) bond motifs is 1. The van der Waals surface area contributed by atoms with Crippen molar-refractivity contribution in [2.24, 2.45) is 9.98 Å². The number of rotatable bonds is 3. The van der Waals surface area contributed by atoms with Crippen molar-refractivity contribution < 1.29 is 15.0 Å². The van der Waals surface area contributed by atoms with Gasteiger partial charge >= 0.3 is 0 Å². The Bertz CT molecular complexity index is 1220. The second-order valence-electron chi connectivity index (χ2n) is 5.59. The number of aromatic hydroxyl groups is 2. The number of thiazole rings is 1. The average Bonchev–Trinajstić information content (AvgIpc) is 3.18. The highest BCUT2D eigenvalue weighted by Gasteiger charge is 2.15. The van der Waals surface area contributed by atoms with E-state index in [2.05, 4.69) is 15.4 Å². The molecule has 134 valence electrons. The molecule has 0 saturated heterocycles. The quantitative estimate of drug-likeness (QED) is 0.592. The van der Waals surface area contributed by atoms with Gasteiger partial charge in [-0.05, 0) is 48.6 Å². The molecule has 2 aromatic carbocycles. The van der Waals surface area contributed by atoms with Crippen LogP contribution in [-0.4, -0.2) is 20.8 Å². The van der Waals surface area contributed by atoms with E-state index < -0.39 is 5.91 Å². The lowest BCUT2D eigenvalue weighted by Gasteiger charge is -2.07. The SMILES string of the molecule is O=C(Nn1c(O)c(C=C2N=c3ccccc3=N2)sc1=S)c1ccc(O)cc1. The molecule has 4 rings (SSSR count). The molecule has 0 atom stereocenters. The Hall–Kier alpha value is -3.30. The van der Waals surface area contributed by atoms with Crippen LogP contribution < -0.4 is 16.1 Å². The summed E-state index contributed by atoms with van der Waals surface area (Å²) in [6.45, 7) is 0. The van der Waals surface area contributed by atoms with Crippen LogP contribution in [0.1, 0.15) is 15.2 Å². The first kappa shape index (κ1) is 17.1. The summed E-state index contributed by atoms with van der Waals surface area (Å²) in [4.78, 5) is 21.5. The van der Waals surface area contributed by atoms with E-state index in [4.69, 9.17) is 12.2 Å². The van der Waals surface area contributed by atoms with Crippen molar-refractivity contribution in [1.82, 2.24) is 4.68 Å². The number of carbonyl (C=O) groups is 1. The number of hydrogen-bond donors (Lipinski definition) is 3. The van der Waals surface area contributed by atoms with E-state index in [0.29, 0.717) is 16.3 Å². The van der Waals surface area contributed by atoms with Gasteiger partial charge in [0.2, 0.25) is 5.88 Å². The Kier molecular flexibility index (Phi) is 4.30. The van der Waals surface area contributed by atoms with Crippen LogP contribution in [0.4, 0.5) is 0 Å². The van der Waals surface area contributed by atoms with Crippen molar-refractivity contribution >= 4 is 35.5 Å². The molecule has 1 aliphatic rings. The number of para-hydroxylation sites is 2. The second kappa shape index (κ2) is 6.78. The molecule has 9 heteroatoms. The fraction of sp³-hybridized carbons (Fsp3) is 0. The van der Waals surface area contributed by atoms with E-state index in [-0.39, 0.29) is 15.6 Å². The number of carbonyl (C=O) groups excluding carboxylic acids is 1. The Balaban J connectivity index is 1.64. The molecule has 7 nitrogen and oxygen atoms in total. The minimum absolute atomic E-state index is 0.0560. The van der Waals surface area contributed by atoms with Gasteiger partial charge in [0.05, 0.1) is 15.6 Å². The van der Waals surface area contributed by atoms with E-state index in [0.717, 1.165) is 26.7 Å². The van der Waals surface area contributed by atoms with Crippen LogP contribution in [0, 0.1) is 3.95 Å². The normalized spacial score (nSPS) is 12.1. The summed E-state index contributed by atoms with van der Waals surface area (Å²) in [6, 6.07) is 13.2. The molecule has 0 saturated carbocycles. The van der Waals surface area contributed by atoms with Crippen molar-refractivity contribution in [3.63, 3.8) is 0 Å². The first-order chi connectivity index (χ1) is 13.0. The van der Waals surface area contributed by atoms with Gasteiger partial charge in [-0.15, -0.1) is 0 Å². The van der Waals surface area contributed by atoms with E-state index in [9.17, 15) is 15.0 Å². The van der Waals surface area contributed by atoms with Crippen molar-refractivity contribution in [3.05, 3.63) is 79.5 Å². The minimum Gasteiger partial charge on any atom is -0.508 e. The van der Waals surface area contributed by atoms with Gasteiger partial charge < -0.3 is 10.2 Å². The van der Waals surface area contributed by atoms with Crippen LogP contribution in [0.5, 0.6) is 11.6 Å². The molecule has 1 aromatic heterocycles. The van der Waals surface area contributed by atoms with Gasteiger partial charge in [0, 0.05) is 11.6 Å². The first-order valence-corrected chi connectivity index (χ1v) is 9.03. The van der Waals surface area contributed by atoms with Gasteiger partial charge in [0.25, 0.3) is 5.91 Å². The fourth-order valence-electron chi connectivity index (χ4n) is 2.46. The van der Waals surface area contributed by atoms with Crippen LogP contribution in [0.25, 0.3) is 6.08 Å². The molecule has 1 amide bonds. The Morgan fingerprint density at radius 2 is 1.70 bits per heavy atom. The largest absolute Gasteiger partial charge is 0.508 e. The van der Waals surface area contributed by atoms with Gasteiger partial charge in [0.1, 0.15) is 5.75 Å². The summed E-state index contributed by atoms with van der Waals surface area (Å²) >= 11 is 6.36. The maximum absolute atomic E-state index is 12.3. The van der Waals surface area contributed by atoms with Gasteiger partial charge in [-0.3, -0.25) is 10.2 Å². The van der Waals surface area contributed by atoms with E-state index in [1.165, 1.54) is 24.3 Å². The van der Waals surface area contributed by atoms with E-state index in [1.807, 2.05) is 24.3 Å². The zero-order chi connectivity index (χ0) is 19.0. The lowest BCUT2D eigenvalue weighted by atomic mass is 10.2. The highest BCUT2D eigenvalue weighted by molar-refractivity contribution is 7.73. The van der Waals surface area contributed by atoms with Gasteiger partial charge in [-0.1, -0.05) is 23.5 Å². The third kappa shape index (κ3) is 3.37. The van der Waals surface area contributed by atoms with Crippen LogP contribution in [0.2, 0.25) is 0 Å². The molecule has 27 heavy (non-hydrogen) atoms. The number of amides is 1. The van der Waals surface area contributed by atoms with Crippen molar-refractivity contribution in [2.45, 2.75) is 0 Å². The number of nitrogens with zero attached hydrogens (tertiary/aromatic N) is 3.